The summed E-state index contributed by atoms with van der Waals surface area (Å²) in [6.07, 6.45) is 5.88. The van der Waals surface area contributed by atoms with Crippen LogP contribution in [0.2, 0.25) is 18.1 Å². The van der Waals surface area contributed by atoms with Crippen molar-refractivity contribution in [1.82, 2.24) is 0 Å². The summed E-state index contributed by atoms with van der Waals surface area (Å²) < 4.78 is 6.51. The molecule has 0 radical (unpaired) electrons. The van der Waals surface area contributed by atoms with E-state index in [0.29, 0.717) is 11.1 Å². The molecule has 1 aliphatic carbocycles. The molecule has 104 valence electrons. The molecule has 0 spiro atoms. The van der Waals surface area contributed by atoms with Gasteiger partial charge >= 0.3 is 0 Å². The number of hydrogen-bond donors (Lipinski definition) is 0. The van der Waals surface area contributed by atoms with Gasteiger partial charge in [0.15, 0.2) is 8.32 Å². The van der Waals surface area contributed by atoms with Gasteiger partial charge in [0.05, 0.1) is 0 Å². The molecule has 0 aromatic carbocycles. The van der Waals surface area contributed by atoms with E-state index in [1.165, 1.54) is 11.1 Å². The molecule has 0 N–H and O–H groups in total. The van der Waals surface area contributed by atoms with Gasteiger partial charge in [0.1, 0.15) is 0 Å². The highest BCUT2D eigenvalue weighted by atomic mass is 79.9. The highest BCUT2D eigenvalue weighted by Crippen LogP contribution is 2.40. The molecule has 18 heavy (non-hydrogen) atoms. The highest BCUT2D eigenvalue weighted by Gasteiger charge is 2.39. The molecule has 1 fully saturated rings. The summed E-state index contributed by atoms with van der Waals surface area (Å²) in [4.78, 5) is 0. The van der Waals surface area contributed by atoms with Gasteiger partial charge in [-0.2, -0.15) is 0 Å². The van der Waals surface area contributed by atoms with E-state index in [9.17, 15) is 0 Å². The zero-order valence-electron chi connectivity index (χ0n) is 12.5. The Labute approximate surface area is 122 Å². The van der Waals surface area contributed by atoms with Crippen LogP contribution in [0.4, 0.5) is 0 Å². The molecule has 1 aliphatic rings. The van der Waals surface area contributed by atoms with E-state index >= 15 is 0 Å². The second-order valence-electron chi connectivity index (χ2n) is 6.73. The average Bonchev–Trinajstić information content (AvgIpc) is 2.21. The maximum Gasteiger partial charge on any atom is 0.192 e. The van der Waals surface area contributed by atoms with Crippen molar-refractivity contribution in [2.75, 3.05) is 5.33 Å². The van der Waals surface area contributed by atoms with Crippen LogP contribution in [0.5, 0.6) is 0 Å². The Bertz CT molecular complexity index is 339. The molecule has 0 unspecified atom stereocenters. The third kappa shape index (κ3) is 4.07. The van der Waals surface area contributed by atoms with Crippen LogP contribution in [-0.4, -0.2) is 19.8 Å². The van der Waals surface area contributed by atoms with Crippen molar-refractivity contribution >= 4 is 24.2 Å². The van der Waals surface area contributed by atoms with Gasteiger partial charge in [-0.25, -0.2) is 0 Å². The zero-order chi connectivity index (χ0) is 14.0. The van der Waals surface area contributed by atoms with Crippen molar-refractivity contribution in [3.05, 3.63) is 23.8 Å². The van der Waals surface area contributed by atoms with Gasteiger partial charge < -0.3 is 4.43 Å². The SMILES string of the molecule is C=C1CC[C@H](O[Si](C)(C)C(C)(C)C)C/C1=C/CBr. The Morgan fingerprint density at radius 1 is 1.44 bits per heavy atom. The van der Waals surface area contributed by atoms with Gasteiger partial charge in [-0.05, 0) is 43.0 Å². The second kappa shape index (κ2) is 6.06. The molecule has 0 aliphatic heterocycles. The maximum atomic E-state index is 6.51. The summed E-state index contributed by atoms with van der Waals surface area (Å²) in [6.45, 7) is 15.7. The molecular formula is C15H27BrOSi. The lowest BCUT2D eigenvalue weighted by Gasteiger charge is -2.41. The predicted molar refractivity (Wildman–Crippen MR) is 86.9 cm³/mol. The smallest absolute Gasteiger partial charge is 0.192 e. The Balaban J connectivity index is 2.70. The first-order chi connectivity index (χ1) is 8.17. The van der Waals surface area contributed by atoms with E-state index in [2.05, 4.69) is 62.5 Å². The van der Waals surface area contributed by atoms with E-state index < -0.39 is 8.32 Å². The molecule has 3 heteroatoms. The summed E-state index contributed by atoms with van der Waals surface area (Å²) in [5, 5.41) is 1.20. The largest absolute Gasteiger partial charge is 0.414 e. The van der Waals surface area contributed by atoms with E-state index in [4.69, 9.17) is 4.43 Å². The van der Waals surface area contributed by atoms with E-state index in [-0.39, 0.29) is 0 Å². The van der Waals surface area contributed by atoms with Crippen molar-refractivity contribution in [1.29, 1.82) is 0 Å². The van der Waals surface area contributed by atoms with Crippen LogP contribution >= 0.6 is 15.9 Å². The van der Waals surface area contributed by atoms with E-state index in [1.807, 2.05) is 0 Å². The first-order valence-electron chi connectivity index (χ1n) is 6.78. The number of halogens is 1. The fourth-order valence-corrected chi connectivity index (χ4v) is 3.78. The van der Waals surface area contributed by atoms with Crippen molar-refractivity contribution < 1.29 is 4.43 Å². The highest BCUT2D eigenvalue weighted by molar-refractivity contribution is 9.09. The first-order valence-corrected chi connectivity index (χ1v) is 10.8. The standard InChI is InChI=1S/C15H27BrOSi/c1-12-7-8-14(11-13(12)9-10-16)17-18(5,6)15(2,3)4/h9,14H,1,7-8,10-11H2,2-6H3/b13-9-/t14-/m0/s1. The van der Waals surface area contributed by atoms with Gasteiger partial charge in [-0.15, -0.1) is 0 Å². The first kappa shape index (κ1) is 16.2. The topological polar surface area (TPSA) is 9.23 Å². The van der Waals surface area contributed by atoms with Crippen LogP contribution in [0.15, 0.2) is 23.8 Å². The van der Waals surface area contributed by atoms with E-state index in [1.54, 1.807) is 0 Å². The molecule has 0 heterocycles. The molecule has 1 rings (SSSR count). The predicted octanol–water partition coefficient (Wildman–Crippen LogP) is 5.44. The zero-order valence-corrected chi connectivity index (χ0v) is 15.1. The quantitative estimate of drug-likeness (QED) is 0.494. The molecule has 0 bridgehead atoms. The maximum absolute atomic E-state index is 6.51. The summed E-state index contributed by atoms with van der Waals surface area (Å²) in [7, 11) is -1.64. The third-order valence-electron chi connectivity index (χ3n) is 4.26. The Morgan fingerprint density at radius 3 is 2.56 bits per heavy atom. The van der Waals surface area contributed by atoms with Crippen molar-refractivity contribution in [2.45, 2.75) is 64.3 Å². The summed E-state index contributed by atoms with van der Waals surface area (Å²) >= 11 is 3.48. The molecule has 1 nitrogen and oxygen atoms in total. The summed E-state index contributed by atoms with van der Waals surface area (Å²) in [6, 6.07) is 0. The van der Waals surface area contributed by atoms with Crippen LogP contribution in [-0.2, 0) is 4.43 Å². The van der Waals surface area contributed by atoms with E-state index in [0.717, 1.165) is 24.6 Å². The normalized spacial score (nSPS) is 24.7. The molecule has 1 atom stereocenters. The number of rotatable bonds is 3. The van der Waals surface area contributed by atoms with Gasteiger partial charge in [0.2, 0.25) is 0 Å². The van der Waals surface area contributed by atoms with Gasteiger partial charge in [0.25, 0.3) is 0 Å². The Kier molecular flexibility index (Phi) is 5.45. The van der Waals surface area contributed by atoms with Crippen molar-refractivity contribution in [3.63, 3.8) is 0 Å². The minimum Gasteiger partial charge on any atom is -0.414 e. The number of hydrogen-bond acceptors (Lipinski definition) is 1. The minimum atomic E-state index is -1.64. The van der Waals surface area contributed by atoms with Crippen LogP contribution in [0, 0.1) is 0 Å². The summed E-state index contributed by atoms with van der Waals surface area (Å²) in [5.41, 5.74) is 2.69. The molecule has 0 aromatic rings. The third-order valence-corrected chi connectivity index (χ3v) is 9.12. The second-order valence-corrected chi connectivity index (χ2v) is 12.1. The monoisotopic (exact) mass is 330 g/mol. The van der Waals surface area contributed by atoms with Gasteiger partial charge in [0, 0.05) is 11.4 Å². The van der Waals surface area contributed by atoms with Crippen molar-refractivity contribution in [3.8, 4) is 0 Å². The fourth-order valence-electron chi connectivity index (χ4n) is 2.00. The van der Waals surface area contributed by atoms with Crippen LogP contribution in [0.1, 0.15) is 40.0 Å². The molecule has 0 amide bonds. The average molecular weight is 331 g/mol. The van der Waals surface area contributed by atoms with Gasteiger partial charge in [-0.3, -0.25) is 0 Å². The molecule has 0 saturated heterocycles. The number of allylic oxidation sites excluding steroid dienone is 2. The minimum absolute atomic E-state index is 0.292. The van der Waals surface area contributed by atoms with Crippen LogP contribution in [0.25, 0.3) is 0 Å². The Morgan fingerprint density at radius 2 is 2.06 bits per heavy atom. The lowest BCUT2D eigenvalue weighted by atomic mass is 9.89. The molecule has 1 saturated carbocycles. The lowest BCUT2D eigenvalue weighted by molar-refractivity contribution is 0.164. The lowest BCUT2D eigenvalue weighted by Crippen LogP contribution is -2.44. The number of alkyl halides is 1. The van der Waals surface area contributed by atoms with Crippen LogP contribution < -0.4 is 0 Å². The Hall–Kier alpha value is 0.137. The summed E-state index contributed by atoms with van der Waals surface area (Å²) in [5.74, 6) is 0. The van der Waals surface area contributed by atoms with Gasteiger partial charge in [-0.1, -0.05) is 54.9 Å². The molecular weight excluding hydrogens is 304 g/mol. The van der Waals surface area contributed by atoms with Crippen molar-refractivity contribution in [2.24, 2.45) is 0 Å². The fraction of sp³-hybridized carbons (Fsp3) is 0.733. The van der Waals surface area contributed by atoms with Crippen LogP contribution in [0.3, 0.4) is 0 Å². The molecule has 0 aromatic heterocycles.